The quantitative estimate of drug-likeness (QED) is 0.817. The predicted molar refractivity (Wildman–Crippen MR) is 72.2 cm³/mol. The van der Waals surface area contributed by atoms with E-state index in [9.17, 15) is 0 Å². The lowest BCUT2D eigenvalue weighted by atomic mass is 10.2. The summed E-state index contributed by atoms with van der Waals surface area (Å²) in [5, 5.41) is 3.37. The fourth-order valence-corrected chi connectivity index (χ4v) is 2.29. The summed E-state index contributed by atoms with van der Waals surface area (Å²) in [5.74, 6) is 1.80. The van der Waals surface area contributed by atoms with Crippen LogP contribution in [0.3, 0.4) is 0 Å². The maximum absolute atomic E-state index is 4.22. The Hall–Kier alpha value is -1.09. The molecule has 0 spiro atoms. The van der Waals surface area contributed by atoms with Crippen molar-refractivity contribution < 1.29 is 0 Å². The van der Waals surface area contributed by atoms with Gasteiger partial charge in [-0.1, -0.05) is 13.8 Å². The van der Waals surface area contributed by atoms with Crippen LogP contribution >= 0.6 is 0 Å². The van der Waals surface area contributed by atoms with Gasteiger partial charge < -0.3 is 10.2 Å². The Morgan fingerprint density at radius 2 is 2.29 bits per heavy atom. The number of pyridine rings is 1. The first kappa shape index (κ1) is 12.4. The van der Waals surface area contributed by atoms with E-state index in [-0.39, 0.29) is 0 Å². The standard InChI is InChI=1S/C14H23N3/c1-4-15-8-13-9-16-6-5-14(13)17(3)10-12-7-11(12)2/h5-6,9,11-12,15H,4,7-8,10H2,1-3H3. The molecular weight excluding hydrogens is 210 g/mol. The fraction of sp³-hybridized carbons (Fsp3) is 0.643. The monoisotopic (exact) mass is 233 g/mol. The van der Waals surface area contributed by atoms with E-state index in [1.54, 1.807) is 0 Å². The molecular formula is C14H23N3. The van der Waals surface area contributed by atoms with Crippen LogP contribution in [0.1, 0.15) is 25.8 Å². The van der Waals surface area contributed by atoms with Gasteiger partial charge in [0.2, 0.25) is 0 Å². The van der Waals surface area contributed by atoms with Crippen molar-refractivity contribution in [1.82, 2.24) is 10.3 Å². The third kappa shape index (κ3) is 3.19. The minimum atomic E-state index is 0.889. The first-order valence-electron chi connectivity index (χ1n) is 6.57. The van der Waals surface area contributed by atoms with Gasteiger partial charge in [-0.05, 0) is 30.9 Å². The smallest absolute Gasteiger partial charge is 0.0440 e. The summed E-state index contributed by atoms with van der Waals surface area (Å²) >= 11 is 0. The second-order valence-electron chi connectivity index (χ2n) is 5.14. The van der Waals surface area contributed by atoms with Crippen LogP contribution in [0.4, 0.5) is 5.69 Å². The van der Waals surface area contributed by atoms with Crippen molar-refractivity contribution in [2.24, 2.45) is 11.8 Å². The zero-order valence-electron chi connectivity index (χ0n) is 11.1. The van der Waals surface area contributed by atoms with E-state index in [0.29, 0.717) is 0 Å². The van der Waals surface area contributed by atoms with Crippen molar-refractivity contribution in [3.8, 4) is 0 Å². The van der Waals surface area contributed by atoms with Gasteiger partial charge in [-0.15, -0.1) is 0 Å². The zero-order chi connectivity index (χ0) is 12.3. The number of nitrogens with one attached hydrogen (secondary N) is 1. The molecule has 94 valence electrons. The first-order chi connectivity index (χ1) is 8.22. The zero-order valence-corrected chi connectivity index (χ0v) is 11.1. The maximum Gasteiger partial charge on any atom is 0.0440 e. The maximum atomic E-state index is 4.22. The highest BCUT2D eigenvalue weighted by atomic mass is 15.1. The van der Waals surface area contributed by atoms with E-state index in [2.05, 4.69) is 42.2 Å². The van der Waals surface area contributed by atoms with Crippen molar-refractivity contribution in [3.63, 3.8) is 0 Å². The first-order valence-corrected chi connectivity index (χ1v) is 6.57. The Labute approximate surface area is 104 Å². The summed E-state index contributed by atoms with van der Waals surface area (Å²) < 4.78 is 0. The van der Waals surface area contributed by atoms with Crippen LogP contribution in [0, 0.1) is 11.8 Å². The van der Waals surface area contributed by atoms with Crippen molar-refractivity contribution >= 4 is 5.69 Å². The van der Waals surface area contributed by atoms with Gasteiger partial charge in [0.15, 0.2) is 0 Å². The normalized spacial score (nSPS) is 22.5. The molecule has 1 aliphatic rings. The van der Waals surface area contributed by atoms with E-state index in [4.69, 9.17) is 0 Å². The van der Waals surface area contributed by atoms with Gasteiger partial charge >= 0.3 is 0 Å². The van der Waals surface area contributed by atoms with Crippen molar-refractivity contribution in [2.75, 3.05) is 25.0 Å². The number of hydrogen-bond acceptors (Lipinski definition) is 3. The van der Waals surface area contributed by atoms with Gasteiger partial charge in [0.1, 0.15) is 0 Å². The minimum absolute atomic E-state index is 0.889. The molecule has 1 fully saturated rings. The highest BCUT2D eigenvalue weighted by Crippen LogP contribution is 2.38. The molecule has 0 aliphatic heterocycles. The summed E-state index contributed by atoms with van der Waals surface area (Å²) in [5.41, 5.74) is 2.62. The van der Waals surface area contributed by atoms with Gasteiger partial charge in [0.05, 0.1) is 0 Å². The lowest BCUT2D eigenvalue weighted by Crippen LogP contribution is -2.23. The summed E-state index contributed by atoms with van der Waals surface area (Å²) in [7, 11) is 2.19. The summed E-state index contributed by atoms with van der Waals surface area (Å²) in [4.78, 5) is 6.60. The second-order valence-corrected chi connectivity index (χ2v) is 5.14. The highest BCUT2D eigenvalue weighted by Gasteiger charge is 2.33. The van der Waals surface area contributed by atoms with Crippen LogP contribution in [0.5, 0.6) is 0 Å². The molecule has 0 aromatic carbocycles. The molecule has 2 unspecified atom stereocenters. The molecule has 1 aromatic heterocycles. The molecule has 1 saturated carbocycles. The summed E-state index contributed by atoms with van der Waals surface area (Å²) in [6, 6.07) is 2.12. The highest BCUT2D eigenvalue weighted by molar-refractivity contribution is 5.51. The summed E-state index contributed by atoms with van der Waals surface area (Å²) in [6.07, 6.45) is 5.25. The predicted octanol–water partition coefficient (Wildman–Crippen LogP) is 2.28. The molecule has 1 N–H and O–H groups in total. The third-order valence-electron chi connectivity index (χ3n) is 3.64. The topological polar surface area (TPSA) is 28.2 Å². The molecule has 3 nitrogen and oxygen atoms in total. The number of rotatable bonds is 6. The minimum Gasteiger partial charge on any atom is -0.374 e. The van der Waals surface area contributed by atoms with E-state index in [1.165, 1.54) is 24.2 Å². The average Bonchev–Trinajstić information content (AvgIpc) is 3.02. The fourth-order valence-electron chi connectivity index (χ4n) is 2.29. The Balaban J connectivity index is 2.02. The van der Waals surface area contributed by atoms with Crippen LogP contribution in [-0.4, -0.2) is 25.1 Å². The van der Waals surface area contributed by atoms with Crippen LogP contribution in [-0.2, 0) is 6.54 Å². The Morgan fingerprint density at radius 3 is 2.94 bits per heavy atom. The molecule has 0 amide bonds. The van der Waals surface area contributed by atoms with Gasteiger partial charge in [-0.2, -0.15) is 0 Å². The molecule has 1 heterocycles. The molecule has 2 atom stereocenters. The van der Waals surface area contributed by atoms with Crippen LogP contribution in [0.25, 0.3) is 0 Å². The Bertz CT molecular complexity index is 364. The van der Waals surface area contributed by atoms with Crippen LogP contribution in [0.2, 0.25) is 0 Å². The molecule has 0 bridgehead atoms. The Morgan fingerprint density at radius 1 is 1.53 bits per heavy atom. The molecule has 2 rings (SSSR count). The second kappa shape index (κ2) is 5.50. The average molecular weight is 233 g/mol. The van der Waals surface area contributed by atoms with Crippen molar-refractivity contribution in [3.05, 3.63) is 24.0 Å². The molecule has 1 aromatic rings. The van der Waals surface area contributed by atoms with Gasteiger partial charge in [0.25, 0.3) is 0 Å². The number of aromatic nitrogens is 1. The van der Waals surface area contributed by atoms with Gasteiger partial charge in [-0.25, -0.2) is 0 Å². The van der Waals surface area contributed by atoms with Crippen molar-refractivity contribution in [1.29, 1.82) is 0 Å². The van der Waals surface area contributed by atoms with Crippen LogP contribution < -0.4 is 10.2 Å². The molecule has 0 radical (unpaired) electrons. The number of hydrogen-bond donors (Lipinski definition) is 1. The molecule has 0 saturated heterocycles. The van der Waals surface area contributed by atoms with E-state index in [1.807, 2.05) is 12.4 Å². The number of nitrogens with zero attached hydrogens (tertiary/aromatic N) is 2. The molecule has 1 aliphatic carbocycles. The number of anilines is 1. The van der Waals surface area contributed by atoms with Crippen LogP contribution in [0.15, 0.2) is 18.5 Å². The van der Waals surface area contributed by atoms with Crippen molar-refractivity contribution in [2.45, 2.75) is 26.8 Å². The third-order valence-corrected chi connectivity index (χ3v) is 3.64. The Kier molecular flexibility index (Phi) is 4.00. The SMILES string of the molecule is CCNCc1cnccc1N(C)CC1CC1C. The van der Waals surface area contributed by atoms with Gasteiger partial charge in [-0.3, -0.25) is 4.98 Å². The van der Waals surface area contributed by atoms with Gasteiger partial charge in [0, 0.05) is 43.8 Å². The molecule has 3 heteroatoms. The lowest BCUT2D eigenvalue weighted by Gasteiger charge is -2.22. The molecule has 17 heavy (non-hydrogen) atoms. The van der Waals surface area contributed by atoms with E-state index < -0.39 is 0 Å². The lowest BCUT2D eigenvalue weighted by molar-refractivity contribution is 0.702. The van der Waals surface area contributed by atoms with E-state index >= 15 is 0 Å². The largest absolute Gasteiger partial charge is 0.374 e. The summed E-state index contributed by atoms with van der Waals surface area (Å²) in [6.45, 7) is 7.54. The van der Waals surface area contributed by atoms with E-state index in [0.717, 1.165) is 24.9 Å².